The number of pyridine rings is 1. The van der Waals surface area contributed by atoms with E-state index in [1.54, 1.807) is 38.0 Å². The van der Waals surface area contributed by atoms with E-state index in [0.717, 1.165) is 39.4 Å². The van der Waals surface area contributed by atoms with E-state index in [-0.39, 0.29) is 11.6 Å². The van der Waals surface area contributed by atoms with Crippen LogP contribution in [-0.2, 0) is 13.0 Å². The fourth-order valence-corrected chi connectivity index (χ4v) is 4.82. The van der Waals surface area contributed by atoms with Gasteiger partial charge < -0.3 is 24.7 Å². The largest absolute Gasteiger partial charge is 0.496 e. The van der Waals surface area contributed by atoms with Gasteiger partial charge in [0, 0.05) is 30.6 Å². The van der Waals surface area contributed by atoms with Crippen LogP contribution in [0.1, 0.15) is 27.2 Å². The highest BCUT2D eigenvalue weighted by molar-refractivity contribution is 6.12. The molecule has 0 fully saturated rings. The molecule has 6 rings (SSSR count). The number of carbonyl (C=O) groups excluding carboxylic acids is 1. The van der Waals surface area contributed by atoms with Crippen molar-refractivity contribution in [3.63, 3.8) is 0 Å². The third kappa shape index (κ3) is 5.44. The van der Waals surface area contributed by atoms with E-state index in [1.807, 2.05) is 59.3 Å². The minimum atomic E-state index is -0.187. The molecule has 3 aromatic carbocycles. The molecule has 2 aromatic heterocycles. The number of amides is 1. The molecule has 9 heteroatoms. The maximum Gasteiger partial charge on any atom is 0.257 e. The molecular formula is C32H26N6O3. The minimum Gasteiger partial charge on any atom is -0.496 e. The Hall–Kier alpha value is -5.62. The van der Waals surface area contributed by atoms with Crippen LogP contribution >= 0.6 is 0 Å². The van der Waals surface area contributed by atoms with Crippen molar-refractivity contribution in [2.75, 3.05) is 24.4 Å². The molecule has 0 bridgehead atoms. The van der Waals surface area contributed by atoms with Crippen molar-refractivity contribution in [1.29, 1.82) is 5.26 Å². The number of fused-ring (bicyclic) bond motifs is 2. The van der Waals surface area contributed by atoms with Crippen molar-refractivity contribution in [3.8, 4) is 28.7 Å². The number of hydrogen-bond acceptors (Lipinski definition) is 7. The third-order valence-electron chi connectivity index (χ3n) is 6.92. The summed E-state index contributed by atoms with van der Waals surface area (Å²) in [5, 5.41) is 15.7. The van der Waals surface area contributed by atoms with E-state index in [4.69, 9.17) is 9.47 Å². The van der Waals surface area contributed by atoms with Gasteiger partial charge in [-0.2, -0.15) is 5.26 Å². The number of benzene rings is 3. The van der Waals surface area contributed by atoms with Gasteiger partial charge in [0.15, 0.2) is 11.4 Å². The quantitative estimate of drug-likeness (QED) is 0.255. The van der Waals surface area contributed by atoms with Crippen LogP contribution in [0.4, 0.5) is 17.1 Å². The summed E-state index contributed by atoms with van der Waals surface area (Å²) in [4.78, 5) is 21.3. The van der Waals surface area contributed by atoms with Gasteiger partial charge in [0.05, 0.1) is 49.2 Å². The van der Waals surface area contributed by atoms with Gasteiger partial charge in [0.1, 0.15) is 11.8 Å². The topological polar surface area (TPSA) is 114 Å². The van der Waals surface area contributed by atoms with Crippen molar-refractivity contribution in [2.45, 2.75) is 13.0 Å². The van der Waals surface area contributed by atoms with Gasteiger partial charge in [0.25, 0.3) is 5.91 Å². The zero-order chi connectivity index (χ0) is 28.2. The lowest BCUT2D eigenvalue weighted by molar-refractivity contribution is 0.102. The highest BCUT2D eigenvalue weighted by Crippen LogP contribution is 2.36. The lowest BCUT2D eigenvalue weighted by atomic mass is 10.00. The number of imidazole rings is 1. The zero-order valence-corrected chi connectivity index (χ0v) is 22.3. The smallest absolute Gasteiger partial charge is 0.257 e. The highest BCUT2D eigenvalue weighted by Gasteiger charge is 2.20. The predicted molar refractivity (Wildman–Crippen MR) is 156 cm³/mol. The van der Waals surface area contributed by atoms with Crippen LogP contribution in [-0.4, -0.2) is 34.2 Å². The van der Waals surface area contributed by atoms with Gasteiger partial charge in [-0.3, -0.25) is 4.79 Å². The number of nitrogens with zero attached hydrogens (tertiary/aromatic N) is 4. The summed E-state index contributed by atoms with van der Waals surface area (Å²) in [6.45, 7) is 1.03. The maximum atomic E-state index is 13.2. The van der Waals surface area contributed by atoms with Gasteiger partial charge in [-0.05, 0) is 59.2 Å². The Balaban J connectivity index is 1.20. The van der Waals surface area contributed by atoms with E-state index < -0.39 is 0 Å². The molecule has 5 aromatic rings. The average Bonchev–Trinajstić information content (AvgIpc) is 3.47. The molecule has 0 saturated carbocycles. The third-order valence-corrected chi connectivity index (χ3v) is 6.92. The number of methoxy groups -OCH3 is 1. The van der Waals surface area contributed by atoms with Gasteiger partial charge in [-0.1, -0.05) is 24.3 Å². The molecule has 41 heavy (non-hydrogen) atoms. The number of aromatic nitrogens is 3. The number of ether oxygens (including phenoxy) is 2. The Labute approximate surface area is 237 Å². The summed E-state index contributed by atoms with van der Waals surface area (Å²) >= 11 is 0. The first kappa shape index (κ1) is 25.6. The molecule has 3 heterocycles. The van der Waals surface area contributed by atoms with Crippen LogP contribution < -0.4 is 20.1 Å². The molecule has 0 spiro atoms. The first-order valence-electron chi connectivity index (χ1n) is 13.1. The second-order valence-corrected chi connectivity index (χ2v) is 9.54. The number of carbonyl (C=O) groups is 1. The van der Waals surface area contributed by atoms with Crippen molar-refractivity contribution < 1.29 is 14.3 Å². The fraction of sp³-hybridized carbons (Fsp3) is 0.125. The lowest BCUT2D eigenvalue weighted by Crippen LogP contribution is -2.11. The van der Waals surface area contributed by atoms with Crippen molar-refractivity contribution >= 4 is 23.0 Å². The molecule has 9 nitrogen and oxygen atoms in total. The summed E-state index contributed by atoms with van der Waals surface area (Å²) < 4.78 is 13.5. The molecule has 2 N–H and O–H groups in total. The highest BCUT2D eigenvalue weighted by atomic mass is 16.5. The molecule has 1 aliphatic heterocycles. The monoisotopic (exact) mass is 542 g/mol. The number of hydrogen-bond donors (Lipinski definition) is 2. The van der Waals surface area contributed by atoms with E-state index >= 15 is 0 Å². The lowest BCUT2D eigenvalue weighted by Gasteiger charge is -2.14. The van der Waals surface area contributed by atoms with Gasteiger partial charge in [-0.25, -0.2) is 9.97 Å². The molecule has 1 aliphatic rings. The molecule has 202 valence electrons. The average molecular weight is 543 g/mol. The van der Waals surface area contributed by atoms with Crippen LogP contribution in [0.3, 0.4) is 0 Å². The Bertz CT molecular complexity index is 1780. The van der Waals surface area contributed by atoms with E-state index in [2.05, 4.69) is 32.7 Å². The van der Waals surface area contributed by atoms with Crippen LogP contribution in [0.5, 0.6) is 11.5 Å². The first-order valence-corrected chi connectivity index (χ1v) is 13.1. The normalized spacial score (nSPS) is 11.8. The number of nitriles is 1. The van der Waals surface area contributed by atoms with Crippen LogP contribution in [0.25, 0.3) is 11.1 Å². The van der Waals surface area contributed by atoms with Crippen LogP contribution in [0.15, 0.2) is 91.6 Å². The number of rotatable bonds is 8. The fourth-order valence-electron chi connectivity index (χ4n) is 4.82. The number of anilines is 3. The molecule has 0 unspecified atom stereocenters. The molecule has 0 radical (unpaired) electrons. The summed E-state index contributed by atoms with van der Waals surface area (Å²) in [7, 11) is 1.67. The van der Waals surface area contributed by atoms with Gasteiger partial charge in [0.2, 0.25) is 0 Å². The molecule has 0 saturated heterocycles. The summed E-state index contributed by atoms with van der Waals surface area (Å²) in [5.41, 5.74) is 6.99. The molecular weight excluding hydrogens is 516 g/mol. The van der Waals surface area contributed by atoms with E-state index in [9.17, 15) is 10.1 Å². The number of nitrogens with one attached hydrogen (secondary N) is 2. The van der Waals surface area contributed by atoms with E-state index in [0.29, 0.717) is 36.6 Å². The standard InChI is InChI=1S/C32H26N6O3/c1-40-31-17-23(5-6-24(31)19-38-13-12-34-20-38)22-7-8-25-27(16-22)36-26-9-4-21(15-28(26)37-32(25)39)10-14-41-30-3-2-11-35-29(30)18-33/h2-9,11-13,15-17,20,36H,10,14,19H2,1H3,(H,37,39). The van der Waals surface area contributed by atoms with Crippen LogP contribution in [0, 0.1) is 11.3 Å². The Morgan fingerprint density at radius 1 is 0.927 bits per heavy atom. The van der Waals surface area contributed by atoms with Crippen molar-refractivity contribution in [2.24, 2.45) is 0 Å². The summed E-state index contributed by atoms with van der Waals surface area (Å²) in [5.74, 6) is 1.05. The van der Waals surface area contributed by atoms with Crippen LogP contribution in [0.2, 0.25) is 0 Å². The Morgan fingerprint density at radius 2 is 1.80 bits per heavy atom. The maximum absolute atomic E-state index is 13.2. The molecule has 1 amide bonds. The Kier molecular flexibility index (Phi) is 7.03. The van der Waals surface area contributed by atoms with Crippen molar-refractivity contribution in [3.05, 3.63) is 114 Å². The first-order chi connectivity index (χ1) is 20.1. The van der Waals surface area contributed by atoms with Gasteiger partial charge >= 0.3 is 0 Å². The summed E-state index contributed by atoms with van der Waals surface area (Å²) in [6.07, 6.45) is 7.60. The SMILES string of the molecule is COc1cc(-c2ccc3c(c2)Nc2ccc(CCOc4cccnc4C#N)cc2NC3=O)ccc1Cn1ccnc1. The Morgan fingerprint density at radius 3 is 2.63 bits per heavy atom. The predicted octanol–water partition coefficient (Wildman–Crippen LogP) is 5.80. The second kappa shape index (κ2) is 11.2. The molecule has 0 aliphatic carbocycles. The zero-order valence-electron chi connectivity index (χ0n) is 22.3. The molecule has 0 atom stereocenters. The van der Waals surface area contributed by atoms with Gasteiger partial charge in [-0.15, -0.1) is 0 Å². The second-order valence-electron chi connectivity index (χ2n) is 9.54. The van der Waals surface area contributed by atoms with E-state index in [1.165, 1.54) is 0 Å². The minimum absolute atomic E-state index is 0.187. The van der Waals surface area contributed by atoms with Crippen molar-refractivity contribution in [1.82, 2.24) is 14.5 Å². The summed E-state index contributed by atoms with van der Waals surface area (Å²) in [6, 6.07) is 23.3.